The number of carbonyl (C=O) groups is 2. The Morgan fingerprint density at radius 3 is 2.19 bits per heavy atom. The van der Waals surface area contributed by atoms with E-state index in [4.69, 9.17) is 5.73 Å². The van der Waals surface area contributed by atoms with Gasteiger partial charge in [0.25, 0.3) is 0 Å². The molecule has 0 aliphatic rings. The second kappa shape index (κ2) is 5.62. The predicted molar refractivity (Wildman–Crippen MR) is 79.5 cm³/mol. The Morgan fingerprint density at radius 1 is 1.10 bits per heavy atom. The largest absolute Gasteiger partial charge is 0.478 e. The van der Waals surface area contributed by atoms with E-state index in [1.54, 1.807) is 43.3 Å². The Morgan fingerprint density at radius 2 is 1.71 bits per heavy atom. The summed E-state index contributed by atoms with van der Waals surface area (Å²) in [6.07, 6.45) is 0. The van der Waals surface area contributed by atoms with Crippen molar-refractivity contribution in [1.29, 1.82) is 0 Å². The van der Waals surface area contributed by atoms with E-state index in [-0.39, 0.29) is 5.56 Å². The zero-order valence-corrected chi connectivity index (χ0v) is 11.7. The number of nitrogens with two attached hydrogens (primary N) is 1. The van der Waals surface area contributed by atoms with Crippen LogP contribution < -0.4 is 10.6 Å². The molecule has 2 aromatic rings. The second-order valence-electron chi connectivity index (χ2n) is 4.74. The number of benzene rings is 1. The molecule has 21 heavy (non-hydrogen) atoms. The van der Waals surface area contributed by atoms with Gasteiger partial charge in [0.1, 0.15) is 5.82 Å². The first kappa shape index (κ1) is 14.5. The van der Waals surface area contributed by atoms with Gasteiger partial charge in [-0.25, -0.2) is 9.78 Å². The van der Waals surface area contributed by atoms with Crippen LogP contribution >= 0.6 is 0 Å². The van der Waals surface area contributed by atoms with Gasteiger partial charge in [-0.2, -0.15) is 0 Å². The van der Waals surface area contributed by atoms with Gasteiger partial charge in [-0.15, -0.1) is 0 Å². The zero-order valence-electron chi connectivity index (χ0n) is 11.7. The lowest BCUT2D eigenvalue weighted by Gasteiger charge is -2.14. The lowest BCUT2D eigenvalue weighted by Crippen LogP contribution is -2.12. The fourth-order valence-corrected chi connectivity index (χ4v) is 1.82. The van der Waals surface area contributed by atoms with Gasteiger partial charge in [-0.3, -0.25) is 4.79 Å². The van der Waals surface area contributed by atoms with Crippen molar-refractivity contribution in [3.05, 3.63) is 47.5 Å². The number of primary amides is 1. The van der Waals surface area contributed by atoms with Crippen LogP contribution in [-0.2, 0) is 0 Å². The van der Waals surface area contributed by atoms with Crippen LogP contribution in [0.25, 0.3) is 11.3 Å². The van der Waals surface area contributed by atoms with Gasteiger partial charge in [0, 0.05) is 25.2 Å². The molecule has 0 aliphatic heterocycles. The number of pyridine rings is 1. The molecule has 2 rings (SSSR count). The molecular formula is C15H15N3O3. The van der Waals surface area contributed by atoms with E-state index in [0.29, 0.717) is 22.6 Å². The number of carboxylic acid groups (broad SMARTS) is 1. The number of carboxylic acids is 1. The maximum Gasteiger partial charge on any atom is 0.335 e. The maximum atomic E-state index is 11.2. The number of aromatic carboxylic acids is 1. The minimum atomic E-state index is -1.02. The second-order valence-corrected chi connectivity index (χ2v) is 4.74. The minimum Gasteiger partial charge on any atom is -0.478 e. The quantitative estimate of drug-likeness (QED) is 0.889. The molecule has 6 heteroatoms. The SMILES string of the molecule is CN(C)c1cc(C(=O)O)cc(-c2ccc(C(N)=O)cc2)n1. The molecule has 0 saturated heterocycles. The zero-order chi connectivity index (χ0) is 15.6. The van der Waals surface area contributed by atoms with Gasteiger partial charge < -0.3 is 15.7 Å². The van der Waals surface area contributed by atoms with Gasteiger partial charge in [0.2, 0.25) is 5.91 Å². The van der Waals surface area contributed by atoms with E-state index in [1.807, 2.05) is 0 Å². The van der Waals surface area contributed by atoms with E-state index in [9.17, 15) is 14.7 Å². The van der Waals surface area contributed by atoms with Crippen molar-refractivity contribution in [3.63, 3.8) is 0 Å². The van der Waals surface area contributed by atoms with Crippen molar-refractivity contribution in [3.8, 4) is 11.3 Å². The molecule has 1 heterocycles. The van der Waals surface area contributed by atoms with Crippen LogP contribution in [0.5, 0.6) is 0 Å². The van der Waals surface area contributed by atoms with Crippen molar-refractivity contribution in [2.24, 2.45) is 5.73 Å². The molecule has 0 unspecified atom stereocenters. The summed E-state index contributed by atoms with van der Waals surface area (Å²) in [5.74, 6) is -0.984. The van der Waals surface area contributed by atoms with E-state index in [2.05, 4.69) is 4.98 Å². The number of nitrogens with zero attached hydrogens (tertiary/aromatic N) is 2. The summed E-state index contributed by atoms with van der Waals surface area (Å²) in [6, 6.07) is 9.55. The van der Waals surface area contributed by atoms with Crippen LogP contribution in [0.4, 0.5) is 5.82 Å². The van der Waals surface area contributed by atoms with Crippen molar-refractivity contribution in [2.75, 3.05) is 19.0 Å². The fraction of sp³-hybridized carbons (Fsp3) is 0.133. The summed E-state index contributed by atoms with van der Waals surface area (Å²) < 4.78 is 0. The molecule has 1 aromatic carbocycles. The van der Waals surface area contributed by atoms with Crippen molar-refractivity contribution in [2.45, 2.75) is 0 Å². The van der Waals surface area contributed by atoms with Gasteiger partial charge >= 0.3 is 5.97 Å². The number of hydrogen-bond donors (Lipinski definition) is 2. The van der Waals surface area contributed by atoms with Crippen LogP contribution in [0.3, 0.4) is 0 Å². The number of anilines is 1. The van der Waals surface area contributed by atoms with Crippen LogP contribution in [0, 0.1) is 0 Å². The third kappa shape index (κ3) is 3.17. The average Bonchev–Trinajstić information content (AvgIpc) is 2.46. The maximum absolute atomic E-state index is 11.2. The first-order valence-electron chi connectivity index (χ1n) is 6.21. The monoisotopic (exact) mass is 285 g/mol. The Balaban J connectivity index is 2.51. The summed E-state index contributed by atoms with van der Waals surface area (Å²) >= 11 is 0. The highest BCUT2D eigenvalue weighted by Crippen LogP contribution is 2.23. The molecule has 3 N–H and O–H groups in total. The summed E-state index contributed by atoms with van der Waals surface area (Å²) in [7, 11) is 3.57. The molecule has 1 amide bonds. The molecule has 0 fully saturated rings. The molecule has 0 bridgehead atoms. The molecule has 0 aliphatic carbocycles. The smallest absolute Gasteiger partial charge is 0.335 e. The van der Waals surface area contributed by atoms with Crippen LogP contribution in [0.1, 0.15) is 20.7 Å². The Hall–Kier alpha value is -2.89. The number of hydrogen-bond acceptors (Lipinski definition) is 4. The molecule has 0 spiro atoms. The van der Waals surface area contributed by atoms with E-state index in [1.165, 1.54) is 12.1 Å². The Labute approximate surface area is 121 Å². The molecule has 0 radical (unpaired) electrons. The van der Waals surface area contributed by atoms with Gasteiger partial charge in [0.15, 0.2) is 0 Å². The number of aromatic nitrogens is 1. The molecule has 0 saturated carbocycles. The van der Waals surface area contributed by atoms with Gasteiger partial charge in [-0.05, 0) is 24.3 Å². The minimum absolute atomic E-state index is 0.155. The topological polar surface area (TPSA) is 96.5 Å². The number of amides is 1. The fourth-order valence-electron chi connectivity index (χ4n) is 1.82. The van der Waals surface area contributed by atoms with E-state index >= 15 is 0 Å². The van der Waals surface area contributed by atoms with E-state index < -0.39 is 11.9 Å². The summed E-state index contributed by atoms with van der Waals surface area (Å²) in [6.45, 7) is 0. The van der Waals surface area contributed by atoms with Crippen molar-refractivity contribution in [1.82, 2.24) is 4.98 Å². The Bertz CT molecular complexity index is 694. The first-order valence-corrected chi connectivity index (χ1v) is 6.21. The van der Waals surface area contributed by atoms with E-state index in [0.717, 1.165) is 0 Å². The lowest BCUT2D eigenvalue weighted by atomic mass is 10.1. The van der Waals surface area contributed by atoms with Gasteiger partial charge in [-0.1, -0.05) is 12.1 Å². The Kier molecular flexibility index (Phi) is 3.89. The number of rotatable bonds is 4. The highest BCUT2D eigenvalue weighted by molar-refractivity contribution is 5.93. The predicted octanol–water partition coefficient (Wildman–Crippen LogP) is 1.61. The summed E-state index contributed by atoms with van der Waals surface area (Å²) in [5, 5.41) is 9.17. The standard InChI is InChI=1S/C15H15N3O3/c1-18(2)13-8-11(15(20)21)7-12(17-13)9-3-5-10(6-4-9)14(16)19/h3-8H,1-2H3,(H2,16,19)(H,20,21). The van der Waals surface area contributed by atoms with Crippen LogP contribution in [0.2, 0.25) is 0 Å². The molecule has 6 nitrogen and oxygen atoms in total. The van der Waals surface area contributed by atoms with Gasteiger partial charge in [0.05, 0.1) is 11.3 Å². The lowest BCUT2D eigenvalue weighted by molar-refractivity contribution is 0.0696. The third-order valence-electron chi connectivity index (χ3n) is 2.98. The molecule has 108 valence electrons. The number of carbonyl (C=O) groups excluding carboxylic acids is 1. The van der Waals surface area contributed by atoms with Crippen LogP contribution in [-0.4, -0.2) is 36.1 Å². The third-order valence-corrected chi connectivity index (χ3v) is 2.98. The normalized spacial score (nSPS) is 10.2. The highest BCUT2D eigenvalue weighted by atomic mass is 16.4. The molecular weight excluding hydrogens is 270 g/mol. The van der Waals surface area contributed by atoms with Crippen molar-refractivity contribution >= 4 is 17.7 Å². The average molecular weight is 285 g/mol. The highest BCUT2D eigenvalue weighted by Gasteiger charge is 2.11. The summed E-state index contributed by atoms with van der Waals surface area (Å²) in [4.78, 5) is 28.4. The van der Waals surface area contributed by atoms with Crippen LogP contribution in [0.15, 0.2) is 36.4 Å². The first-order chi connectivity index (χ1) is 9.88. The summed E-state index contributed by atoms with van der Waals surface area (Å²) in [5.41, 5.74) is 6.97. The molecule has 0 atom stereocenters. The van der Waals surface area contributed by atoms with Crippen molar-refractivity contribution < 1.29 is 14.7 Å². The molecule has 1 aromatic heterocycles.